The minimum atomic E-state index is 0.503. The van der Waals surface area contributed by atoms with Crippen molar-refractivity contribution in [2.75, 3.05) is 11.1 Å². The van der Waals surface area contributed by atoms with Crippen LogP contribution in [-0.2, 0) is 0 Å². The van der Waals surface area contributed by atoms with Crippen molar-refractivity contribution >= 4 is 17.2 Å². The molecule has 0 amide bonds. The number of rotatable bonds is 2. The highest BCUT2D eigenvalue weighted by Crippen LogP contribution is 2.19. The fraction of sp³-hybridized carbons (Fsp3) is 0.167. The van der Waals surface area contributed by atoms with Crippen LogP contribution in [0.1, 0.15) is 11.4 Å². The van der Waals surface area contributed by atoms with Gasteiger partial charge in [0.1, 0.15) is 5.82 Å². The van der Waals surface area contributed by atoms with Gasteiger partial charge in [-0.25, -0.2) is 4.98 Å². The zero-order valence-electron chi connectivity index (χ0n) is 9.36. The van der Waals surface area contributed by atoms with E-state index in [0.29, 0.717) is 5.82 Å². The number of anilines is 3. The molecule has 0 aliphatic carbocycles. The normalized spacial score (nSPS) is 10.1. The minimum absolute atomic E-state index is 0.503. The van der Waals surface area contributed by atoms with E-state index >= 15 is 0 Å². The molecule has 0 aliphatic rings. The van der Waals surface area contributed by atoms with Crippen molar-refractivity contribution in [1.29, 1.82) is 0 Å². The van der Waals surface area contributed by atoms with E-state index < -0.39 is 0 Å². The van der Waals surface area contributed by atoms with Crippen molar-refractivity contribution in [1.82, 2.24) is 9.97 Å². The van der Waals surface area contributed by atoms with Crippen LogP contribution in [0.4, 0.5) is 17.2 Å². The number of hydrogen-bond donors (Lipinski definition) is 2. The molecule has 0 atom stereocenters. The molecule has 16 heavy (non-hydrogen) atoms. The van der Waals surface area contributed by atoms with Crippen molar-refractivity contribution in [2.45, 2.75) is 13.8 Å². The summed E-state index contributed by atoms with van der Waals surface area (Å²) in [6.45, 7) is 3.95. The predicted molar refractivity (Wildman–Crippen MR) is 65.6 cm³/mol. The average molecular weight is 214 g/mol. The third-order valence-corrected chi connectivity index (χ3v) is 2.29. The standard InChI is InChI=1S/C12H14N4/c1-8-3-4-11(9(2)15-8)16-10-5-6-14-12(13)7-10/h3-7H,1-2H3,(H3,13,14,16). The van der Waals surface area contributed by atoms with Gasteiger partial charge in [0.25, 0.3) is 0 Å². The Kier molecular flexibility index (Phi) is 2.72. The number of nitrogens with one attached hydrogen (secondary N) is 1. The summed E-state index contributed by atoms with van der Waals surface area (Å²) in [6, 6.07) is 7.64. The zero-order valence-corrected chi connectivity index (χ0v) is 9.36. The summed E-state index contributed by atoms with van der Waals surface area (Å²) < 4.78 is 0. The molecule has 0 spiro atoms. The van der Waals surface area contributed by atoms with Crippen LogP contribution in [0.2, 0.25) is 0 Å². The van der Waals surface area contributed by atoms with Crippen molar-refractivity contribution in [2.24, 2.45) is 0 Å². The number of nitrogens with zero attached hydrogens (tertiary/aromatic N) is 2. The first kappa shape index (κ1) is 10.4. The minimum Gasteiger partial charge on any atom is -0.384 e. The van der Waals surface area contributed by atoms with E-state index in [1.807, 2.05) is 32.0 Å². The maximum absolute atomic E-state index is 5.61. The van der Waals surface area contributed by atoms with Crippen LogP contribution in [0, 0.1) is 13.8 Å². The number of aromatic nitrogens is 2. The summed E-state index contributed by atoms with van der Waals surface area (Å²) >= 11 is 0. The predicted octanol–water partition coefficient (Wildman–Crippen LogP) is 2.42. The zero-order chi connectivity index (χ0) is 11.5. The van der Waals surface area contributed by atoms with Gasteiger partial charge in [-0.1, -0.05) is 0 Å². The molecule has 0 aliphatic heterocycles. The van der Waals surface area contributed by atoms with Crippen molar-refractivity contribution < 1.29 is 0 Å². The van der Waals surface area contributed by atoms with Gasteiger partial charge in [-0.3, -0.25) is 4.98 Å². The third kappa shape index (κ3) is 2.28. The molecular weight excluding hydrogens is 200 g/mol. The van der Waals surface area contributed by atoms with Gasteiger partial charge in [0, 0.05) is 23.6 Å². The number of nitrogens with two attached hydrogens (primary N) is 1. The van der Waals surface area contributed by atoms with E-state index in [2.05, 4.69) is 15.3 Å². The van der Waals surface area contributed by atoms with Crippen LogP contribution in [0.5, 0.6) is 0 Å². The number of aryl methyl sites for hydroxylation is 2. The molecule has 0 aromatic carbocycles. The second kappa shape index (κ2) is 4.18. The molecule has 0 bridgehead atoms. The first-order valence-electron chi connectivity index (χ1n) is 5.08. The van der Waals surface area contributed by atoms with Crippen LogP contribution in [0.25, 0.3) is 0 Å². The first-order chi connectivity index (χ1) is 7.65. The molecule has 2 rings (SSSR count). The summed E-state index contributed by atoms with van der Waals surface area (Å²) in [5.74, 6) is 0.503. The first-order valence-corrected chi connectivity index (χ1v) is 5.08. The van der Waals surface area contributed by atoms with Gasteiger partial charge in [0.15, 0.2) is 0 Å². The Bertz CT molecular complexity index is 508. The highest BCUT2D eigenvalue weighted by molar-refractivity contribution is 5.63. The number of pyridine rings is 2. The van der Waals surface area contributed by atoms with Crippen LogP contribution >= 0.6 is 0 Å². The Morgan fingerprint density at radius 1 is 1.19 bits per heavy atom. The maximum Gasteiger partial charge on any atom is 0.125 e. The van der Waals surface area contributed by atoms with Gasteiger partial charge in [-0.2, -0.15) is 0 Å². The molecule has 3 N–H and O–H groups in total. The lowest BCUT2D eigenvalue weighted by Gasteiger charge is -2.09. The quantitative estimate of drug-likeness (QED) is 0.805. The monoisotopic (exact) mass is 214 g/mol. The summed E-state index contributed by atoms with van der Waals surface area (Å²) in [7, 11) is 0. The van der Waals surface area contributed by atoms with E-state index in [4.69, 9.17) is 5.73 Å². The summed E-state index contributed by atoms with van der Waals surface area (Å²) in [4.78, 5) is 8.32. The molecule has 2 aromatic heterocycles. The van der Waals surface area contributed by atoms with Gasteiger partial charge in [0.05, 0.1) is 11.4 Å². The molecule has 0 saturated heterocycles. The number of nitrogen functional groups attached to an aromatic ring is 1. The second-order valence-electron chi connectivity index (χ2n) is 3.68. The summed E-state index contributed by atoms with van der Waals surface area (Å²) in [5, 5.41) is 3.26. The molecule has 4 nitrogen and oxygen atoms in total. The lowest BCUT2D eigenvalue weighted by molar-refractivity contribution is 1.12. The Balaban J connectivity index is 2.27. The fourth-order valence-corrected chi connectivity index (χ4v) is 1.50. The molecular formula is C12H14N4. The molecule has 0 unspecified atom stereocenters. The number of hydrogen-bond acceptors (Lipinski definition) is 4. The highest BCUT2D eigenvalue weighted by atomic mass is 14.9. The average Bonchev–Trinajstić information content (AvgIpc) is 2.22. The topological polar surface area (TPSA) is 63.8 Å². The summed E-state index contributed by atoms with van der Waals surface area (Å²) in [6.07, 6.45) is 1.68. The molecule has 2 aromatic rings. The van der Waals surface area contributed by atoms with Gasteiger partial charge >= 0.3 is 0 Å². The van der Waals surface area contributed by atoms with Gasteiger partial charge in [0.2, 0.25) is 0 Å². The van der Waals surface area contributed by atoms with Gasteiger partial charge in [-0.05, 0) is 32.0 Å². The van der Waals surface area contributed by atoms with Gasteiger partial charge < -0.3 is 11.1 Å². The Hall–Kier alpha value is -2.10. The van der Waals surface area contributed by atoms with Crippen molar-refractivity contribution in [3.63, 3.8) is 0 Å². The van der Waals surface area contributed by atoms with Crippen LogP contribution in [0.3, 0.4) is 0 Å². The Labute approximate surface area is 94.5 Å². The van der Waals surface area contributed by atoms with Crippen molar-refractivity contribution in [3.05, 3.63) is 41.9 Å². The molecule has 82 valence electrons. The molecule has 2 heterocycles. The lowest BCUT2D eigenvalue weighted by atomic mass is 10.2. The maximum atomic E-state index is 5.61. The second-order valence-corrected chi connectivity index (χ2v) is 3.68. The Morgan fingerprint density at radius 2 is 2.00 bits per heavy atom. The largest absolute Gasteiger partial charge is 0.384 e. The third-order valence-electron chi connectivity index (χ3n) is 2.29. The summed E-state index contributed by atoms with van der Waals surface area (Å²) in [5.41, 5.74) is 9.49. The van der Waals surface area contributed by atoms with E-state index in [1.165, 1.54) is 0 Å². The van der Waals surface area contributed by atoms with E-state index in [1.54, 1.807) is 12.3 Å². The van der Waals surface area contributed by atoms with E-state index in [-0.39, 0.29) is 0 Å². The molecule has 0 radical (unpaired) electrons. The van der Waals surface area contributed by atoms with E-state index in [0.717, 1.165) is 22.8 Å². The highest BCUT2D eigenvalue weighted by Gasteiger charge is 2.00. The molecule has 4 heteroatoms. The fourth-order valence-electron chi connectivity index (χ4n) is 1.50. The van der Waals surface area contributed by atoms with E-state index in [9.17, 15) is 0 Å². The Morgan fingerprint density at radius 3 is 2.69 bits per heavy atom. The van der Waals surface area contributed by atoms with Crippen LogP contribution in [0.15, 0.2) is 30.5 Å². The SMILES string of the molecule is Cc1ccc(Nc2ccnc(N)c2)c(C)n1. The molecule has 0 saturated carbocycles. The van der Waals surface area contributed by atoms with Crippen LogP contribution in [-0.4, -0.2) is 9.97 Å². The molecule has 0 fully saturated rings. The van der Waals surface area contributed by atoms with Gasteiger partial charge in [-0.15, -0.1) is 0 Å². The smallest absolute Gasteiger partial charge is 0.125 e. The van der Waals surface area contributed by atoms with Crippen LogP contribution < -0.4 is 11.1 Å². The lowest BCUT2D eigenvalue weighted by Crippen LogP contribution is -1.98. The van der Waals surface area contributed by atoms with Crippen molar-refractivity contribution in [3.8, 4) is 0 Å².